The number of benzene rings is 2. The van der Waals surface area contributed by atoms with Gasteiger partial charge in [0.2, 0.25) is 0 Å². The maximum Gasteiger partial charge on any atom is 0.573 e. The van der Waals surface area contributed by atoms with Gasteiger partial charge in [0.1, 0.15) is 17.3 Å². The molecular formula is C29H35ClF3N3O6. The first-order valence-electron chi connectivity index (χ1n) is 13.1. The standard InChI is InChI=1S/C21H26F3N3O6.C8H9Cl/c1-13(2)18(32-15-6-5-7-16(12-15)33-21(22,23)24)25-17-14(3)19(29)27(20(30)26(17)4)8-10-31-11-9-28;1-2-7-4-3-5-8(9)6-7/h5-7,12-13,28H,8-11H2,1-4H3;3-6H,2H2,1H3/b25-18+;. The fraction of sp³-hybridized carbons (Fsp3) is 0.414. The van der Waals surface area contributed by atoms with Crippen molar-refractivity contribution in [2.75, 3.05) is 19.8 Å². The molecule has 3 rings (SSSR count). The number of hydrogen-bond acceptors (Lipinski definition) is 7. The van der Waals surface area contributed by atoms with E-state index in [1.807, 2.05) is 18.2 Å². The van der Waals surface area contributed by atoms with Crippen molar-refractivity contribution >= 4 is 23.3 Å². The molecule has 9 nitrogen and oxygen atoms in total. The van der Waals surface area contributed by atoms with E-state index in [9.17, 15) is 22.8 Å². The van der Waals surface area contributed by atoms with E-state index in [-0.39, 0.29) is 55.3 Å². The summed E-state index contributed by atoms with van der Waals surface area (Å²) >= 11 is 5.72. The fourth-order valence-electron chi connectivity index (χ4n) is 3.57. The zero-order valence-corrected chi connectivity index (χ0v) is 24.8. The van der Waals surface area contributed by atoms with E-state index in [2.05, 4.69) is 22.7 Å². The van der Waals surface area contributed by atoms with Crippen molar-refractivity contribution in [1.29, 1.82) is 0 Å². The third-order valence-electron chi connectivity index (χ3n) is 5.70. The number of halogens is 4. The van der Waals surface area contributed by atoms with Crippen molar-refractivity contribution in [3.05, 3.63) is 85.5 Å². The second-order valence-corrected chi connectivity index (χ2v) is 9.73. The average Bonchev–Trinajstić information content (AvgIpc) is 2.92. The van der Waals surface area contributed by atoms with Crippen LogP contribution in [0.15, 0.2) is 63.1 Å². The van der Waals surface area contributed by atoms with E-state index in [0.717, 1.165) is 28.1 Å². The number of aromatic nitrogens is 2. The van der Waals surface area contributed by atoms with Crippen LogP contribution in [0.3, 0.4) is 0 Å². The van der Waals surface area contributed by atoms with Crippen molar-refractivity contribution in [3.63, 3.8) is 0 Å². The van der Waals surface area contributed by atoms with E-state index < -0.39 is 23.4 Å². The Labute approximate surface area is 246 Å². The van der Waals surface area contributed by atoms with E-state index in [4.69, 9.17) is 26.2 Å². The van der Waals surface area contributed by atoms with Gasteiger partial charge in [-0.05, 0) is 43.2 Å². The largest absolute Gasteiger partial charge is 0.573 e. The molecule has 42 heavy (non-hydrogen) atoms. The van der Waals surface area contributed by atoms with Crippen LogP contribution in [-0.2, 0) is 24.8 Å². The Hall–Kier alpha value is -3.61. The van der Waals surface area contributed by atoms with Crippen LogP contribution in [0.4, 0.5) is 19.0 Å². The highest BCUT2D eigenvalue weighted by Gasteiger charge is 2.31. The molecule has 0 aliphatic carbocycles. The monoisotopic (exact) mass is 613 g/mol. The van der Waals surface area contributed by atoms with Crippen molar-refractivity contribution in [2.45, 2.75) is 47.0 Å². The molecule has 0 spiro atoms. The number of aliphatic imine (C=N–C) groups is 1. The predicted molar refractivity (Wildman–Crippen MR) is 155 cm³/mol. The molecule has 0 amide bonds. The van der Waals surface area contributed by atoms with Crippen LogP contribution in [0.1, 0.15) is 31.9 Å². The van der Waals surface area contributed by atoms with Gasteiger partial charge in [0.15, 0.2) is 5.90 Å². The quantitative estimate of drug-likeness (QED) is 0.186. The van der Waals surface area contributed by atoms with Crippen molar-refractivity contribution in [3.8, 4) is 11.5 Å². The van der Waals surface area contributed by atoms with Gasteiger partial charge in [0, 0.05) is 24.1 Å². The smallest absolute Gasteiger partial charge is 0.443 e. The lowest BCUT2D eigenvalue weighted by molar-refractivity contribution is -0.274. The molecule has 0 bridgehead atoms. The van der Waals surface area contributed by atoms with E-state index in [1.54, 1.807) is 13.8 Å². The van der Waals surface area contributed by atoms with Gasteiger partial charge in [-0.2, -0.15) is 4.99 Å². The van der Waals surface area contributed by atoms with E-state index in [0.29, 0.717) is 0 Å². The molecule has 3 aromatic rings. The van der Waals surface area contributed by atoms with Crippen LogP contribution >= 0.6 is 11.6 Å². The molecule has 0 atom stereocenters. The van der Waals surface area contributed by atoms with Crippen LogP contribution in [0.2, 0.25) is 5.02 Å². The lowest BCUT2D eigenvalue weighted by Crippen LogP contribution is -2.41. The number of nitrogens with zero attached hydrogens (tertiary/aromatic N) is 3. The Balaban J connectivity index is 0.000000581. The van der Waals surface area contributed by atoms with Gasteiger partial charge in [-0.3, -0.25) is 13.9 Å². The van der Waals surface area contributed by atoms with Gasteiger partial charge in [-0.15, -0.1) is 13.2 Å². The number of hydrogen-bond donors (Lipinski definition) is 1. The van der Waals surface area contributed by atoms with Crippen LogP contribution in [0.25, 0.3) is 0 Å². The first kappa shape index (κ1) is 34.6. The average molecular weight is 614 g/mol. The summed E-state index contributed by atoms with van der Waals surface area (Å²) in [6, 6.07) is 12.9. The normalized spacial score (nSPS) is 11.7. The summed E-state index contributed by atoms with van der Waals surface area (Å²) in [7, 11) is 1.44. The summed E-state index contributed by atoms with van der Waals surface area (Å²) < 4.78 is 54.4. The highest BCUT2D eigenvalue weighted by Crippen LogP contribution is 2.27. The maximum atomic E-state index is 12.7. The number of ether oxygens (including phenoxy) is 3. The lowest BCUT2D eigenvalue weighted by atomic mass is 10.2. The summed E-state index contributed by atoms with van der Waals surface area (Å²) in [5, 5.41) is 9.58. The zero-order valence-electron chi connectivity index (χ0n) is 24.1. The van der Waals surface area contributed by atoms with E-state index in [1.165, 1.54) is 36.2 Å². The maximum absolute atomic E-state index is 12.7. The number of rotatable bonds is 10. The molecule has 1 N–H and O–H groups in total. The predicted octanol–water partition coefficient (Wildman–Crippen LogP) is 5.43. The molecule has 0 aliphatic rings. The number of aryl methyl sites for hydroxylation is 1. The van der Waals surface area contributed by atoms with Crippen LogP contribution in [0, 0.1) is 12.8 Å². The minimum absolute atomic E-state index is 0.00409. The van der Waals surface area contributed by atoms with Crippen LogP contribution in [-0.4, -0.2) is 46.3 Å². The molecule has 2 aromatic carbocycles. The Morgan fingerprint density at radius 3 is 2.31 bits per heavy atom. The van der Waals surface area contributed by atoms with Crippen molar-refractivity contribution in [1.82, 2.24) is 9.13 Å². The molecule has 1 aromatic heterocycles. The summed E-state index contributed by atoms with van der Waals surface area (Å²) in [5.41, 5.74) is 0.284. The number of aliphatic hydroxyl groups is 1. The summed E-state index contributed by atoms with van der Waals surface area (Å²) in [4.78, 5) is 29.8. The van der Waals surface area contributed by atoms with Crippen LogP contribution < -0.4 is 20.7 Å². The Morgan fingerprint density at radius 1 is 1.07 bits per heavy atom. The minimum atomic E-state index is -4.85. The third kappa shape index (κ3) is 10.7. The SMILES string of the molecule is CCc1cccc(Cl)c1.Cc1c(/N=C(/Oc2cccc(OC(F)(F)F)c2)C(C)C)n(C)c(=O)n(CCOCCO)c1=O. The van der Waals surface area contributed by atoms with Crippen molar-refractivity contribution in [2.24, 2.45) is 18.0 Å². The summed E-state index contributed by atoms with van der Waals surface area (Å²) in [6.45, 7) is 7.06. The summed E-state index contributed by atoms with van der Waals surface area (Å²) in [5.74, 6) is -0.607. The van der Waals surface area contributed by atoms with Gasteiger partial charge in [0.05, 0.1) is 31.9 Å². The Morgan fingerprint density at radius 2 is 1.74 bits per heavy atom. The highest BCUT2D eigenvalue weighted by molar-refractivity contribution is 6.30. The first-order valence-corrected chi connectivity index (χ1v) is 13.5. The Bertz CT molecular complexity index is 1430. The number of aliphatic hydroxyl groups excluding tert-OH is 1. The summed E-state index contributed by atoms with van der Waals surface area (Å²) in [6.07, 6.45) is -3.80. The Kier molecular flexibility index (Phi) is 13.3. The third-order valence-corrected chi connectivity index (χ3v) is 5.94. The molecule has 13 heteroatoms. The molecule has 230 valence electrons. The highest BCUT2D eigenvalue weighted by atomic mass is 35.5. The molecule has 0 aliphatic heterocycles. The van der Waals surface area contributed by atoms with Gasteiger partial charge in [0.25, 0.3) is 5.56 Å². The zero-order chi connectivity index (χ0) is 31.4. The number of alkyl halides is 3. The van der Waals surface area contributed by atoms with Gasteiger partial charge < -0.3 is 19.3 Å². The fourth-order valence-corrected chi connectivity index (χ4v) is 3.79. The second-order valence-electron chi connectivity index (χ2n) is 9.30. The lowest BCUT2D eigenvalue weighted by Gasteiger charge is -2.16. The first-order chi connectivity index (χ1) is 19.8. The molecule has 0 saturated carbocycles. The van der Waals surface area contributed by atoms with E-state index >= 15 is 0 Å². The van der Waals surface area contributed by atoms with Gasteiger partial charge >= 0.3 is 12.1 Å². The van der Waals surface area contributed by atoms with Gasteiger partial charge in [-0.25, -0.2) is 4.79 Å². The molecular weight excluding hydrogens is 579 g/mol. The molecule has 0 fully saturated rings. The van der Waals surface area contributed by atoms with Gasteiger partial charge in [-0.1, -0.05) is 50.6 Å². The van der Waals surface area contributed by atoms with Crippen molar-refractivity contribution < 1.29 is 32.5 Å². The molecule has 0 radical (unpaired) electrons. The minimum Gasteiger partial charge on any atom is -0.443 e. The molecule has 0 unspecified atom stereocenters. The molecule has 1 heterocycles. The molecule has 0 saturated heterocycles. The topological polar surface area (TPSA) is 104 Å². The van der Waals surface area contributed by atoms with Crippen LogP contribution in [0.5, 0.6) is 11.5 Å². The second kappa shape index (κ2) is 16.1.